The Balaban J connectivity index is 2.12. The zero-order chi connectivity index (χ0) is 14.0. The lowest BCUT2D eigenvalue weighted by Crippen LogP contribution is -2.26. The number of amides is 1. The van der Waals surface area contributed by atoms with Crippen LogP contribution < -0.4 is 5.73 Å². The van der Waals surface area contributed by atoms with E-state index in [4.69, 9.17) is 5.73 Å². The molecule has 0 fully saturated rings. The number of hydrogen-bond acceptors (Lipinski definition) is 3. The molecule has 1 aromatic carbocycles. The van der Waals surface area contributed by atoms with Gasteiger partial charge in [-0.25, -0.2) is 0 Å². The van der Waals surface area contributed by atoms with E-state index in [1.165, 1.54) is 0 Å². The van der Waals surface area contributed by atoms with Gasteiger partial charge in [-0.3, -0.25) is 9.48 Å². The maximum atomic E-state index is 12.2. The summed E-state index contributed by atoms with van der Waals surface area (Å²) in [5, 5.41) is 4.08. The maximum Gasteiger partial charge on any atom is 0.253 e. The molecule has 19 heavy (non-hydrogen) atoms. The Morgan fingerprint density at radius 3 is 2.84 bits per heavy atom. The van der Waals surface area contributed by atoms with Crippen molar-refractivity contribution in [3.05, 3.63) is 46.2 Å². The Kier molecular flexibility index (Phi) is 3.90. The van der Waals surface area contributed by atoms with E-state index in [1.807, 2.05) is 13.2 Å². The number of rotatable bonds is 3. The van der Waals surface area contributed by atoms with Gasteiger partial charge in [-0.1, -0.05) is 0 Å². The molecule has 1 aromatic heterocycles. The van der Waals surface area contributed by atoms with Crippen LogP contribution in [-0.2, 0) is 13.6 Å². The van der Waals surface area contributed by atoms with Gasteiger partial charge in [-0.15, -0.1) is 0 Å². The highest BCUT2D eigenvalue weighted by Crippen LogP contribution is 2.21. The largest absolute Gasteiger partial charge is 0.398 e. The quantitative estimate of drug-likeness (QED) is 0.879. The number of aromatic nitrogens is 2. The standard InChI is InChI=1S/C13H15BrN4O/c1-17(7-9-6-16-18(2)8-9)13(19)10-3-4-11(14)12(15)5-10/h3-6,8H,7,15H2,1-2H3. The summed E-state index contributed by atoms with van der Waals surface area (Å²) in [6, 6.07) is 5.20. The number of carbonyl (C=O) groups is 1. The molecule has 0 aliphatic rings. The first-order valence-corrected chi connectivity index (χ1v) is 6.54. The summed E-state index contributed by atoms with van der Waals surface area (Å²) in [6.07, 6.45) is 3.64. The molecule has 0 saturated carbocycles. The van der Waals surface area contributed by atoms with Gasteiger partial charge in [0.25, 0.3) is 5.91 Å². The van der Waals surface area contributed by atoms with Crippen molar-refractivity contribution in [2.24, 2.45) is 7.05 Å². The third kappa shape index (κ3) is 3.14. The summed E-state index contributed by atoms with van der Waals surface area (Å²) in [5.74, 6) is -0.0666. The topological polar surface area (TPSA) is 64.2 Å². The van der Waals surface area contributed by atoms with Crippen LogP contribution >= 0.6 is 15.9 Å². The summed E-state index contributed by atoms with van der Waals surface area (Å²) in [4.78, 5) is 13.9. The van der Waals surface area contributed by atoms with E-state index < -0.39 is 0 Å². The van der Waals surface area contributed by atoms with Gasteiger partial charge in [-0.2, -0.15) is 5.10 Å². The molecule has 0 aliphatic carbocycles. The van der Waals surface area contributed by atoms with Gasteiger partial charge in [0, 0.05) is 48.1 Å². The minimum absolute atomic E-state index is 0.0666. The molecule has 6 heteroatoms. The van der Waals surface area contributed by atoms with Gasteiger partial charge in [0.2, 0.25) is 0 Å². The second kappa shape index (κ2) is 5.44. The van der Waals surface area contributed by atoms with Crippen molar-refractivity contribution in [2.75, 3.05) is 12.8 Å². The molecular weight excluding hydrogens is 308 g/mol. The van der Waals surface area contributed by atoms with E-state index in [2.05, 4.69) is 21.0 Å². The SMILES string of the molecule is CN(Cc1cnn(C)c1)C(=O)c1ccc(Br)c(N)c1. The summed E-state index contributed by atoms with van der Waals surface area (Å²) < 4.78 is 2.50. The van der Waals surface area contributed by atoms with Gasteiger partial charge in [0.1, 0.15) is 0 Å². The number of nitrogens with two attached hydrogens (primary N) is 1. The predicted molar refractivity (Wildman–Crippen MR) is 77.6 cm³/mol. The number of halogens is 1. The van der Waals surface area contributed by atoms with Crippen molar-refractivity contribution in [3.63, 3.8) is 0 Å². The fourth-order valence-corrected chi connectivity index (χ4v) is 2.04. The van der Waals surface area contributed by atoms with E-state index in [0.717, 1.165) is 10.0 Å². The molecule has 0 bridgehead atoms. The molecule has 100 valence electrons. The number of anilines is 1. The normalized spacial score (nSPS) is 10.5. The average Bonchev–Trinajstić information content (AvgIpc) is 2.77. The highest BCUT2D eigenvalue weighted by atomic mass is 79.9. The number of carbonyl (C=O) groups excluding carboxylic acids is 1. The van der Waals surface area contributed by atoms with Crippen LogP contribution in [0.3, 0.4) is 0 Å². The average molecular weight is 323 g/mol. The molecule has 0 saturated heterocycles. The molecule has 0 radical (unpaired) electrons. The molecule has 0 atom stereocenters. The molecule has 0 spiro atoms. The molecule has 0 aliphatic heterocycles. The lowest BCUT2D eigenvalue weighted by atomic mass is 10.1. The third-order valence-electron chi connectivity index (χ3n) is 2.77. The van der Waals surface area contributed by atoms with Gasteiger partial charge >= 0.3 is 0 Å². The summed E-state index contributed by atoms with van der Waals surface area (Å²) in [5.41, 5.74) is 7.90. The van der Waals surface area contributed by atoms with Gasteiger partial charge in [0.15, 0.2) is 0 Å². The van der Waals surface area contributed by atoms with Crippen LogP contribution in [0.1, 0.15) is 15.9 Å². The first-order chi connectivity index (χ1) is 8.97. The zero-order valence-electron chi connectivity index (χ0n) is 10.8. The van der Waals surface area contributed by atoms with E-state index in [1.54, 1.807) is 41.0 Å². The van der Waals surface area contributed by atoms with Crippen LogP contribution in [0, 0.1) is 0 Å². The van der Waals surface area contributed by atoms with Crippen molar-refractivity contribution in [2.45, 2.75) is 6.54 Å². The predicted octanol–water partition coefficient (Wildman–Crippen LogP) is 2.04. The Morgan fingerprint density at radius 1 is 1.53 bits per heavy atom. The van der Waals surface area contributed by atoms with Crippen molar-refractivity contribution in [3.8, 4) is 0 Å². The highest BCUT2D eigenvalue weighted by Gasteiger charge is 2.13. The van der Waals surface area contributed by atoms with Gasteiger partial charge in [-0.05, 0) is 34.1 Å². The first kappa shape index (κ1) is 13.6. The van der Waals surface area contributed by atoms with Crippen molar-refractivity contribution >= 4 is 27.5 Å². The fourth-order valence-electron chi connectivity index (χ4n) is 1.80. The molecular formula is C13H15BrN4O. The number of aryl methyl sites for hydroxylation is 1. The van der Waals surface area contributed by atoms with Gasteiger partial charge in [0.05, 0.1) is 6.20 Å². The Bertz CT molecular complexity index is 608. The number of nitrogens with zero attached hydrogens (tertiary/aromatic N) is 3. The van der Waals surface area contributed by atoms with Crippen LogP contribution in [0.25, 0.3) is 0 Å². The lowest BCUT2D eigenvalue weighted by molar-refractivity contribution is 0.0785. The van der Waals surface area contributed by atoms with E-state index in [0.29, 0.717) is 17.8 Å². The zero-order valence-corrected chi connectivity index (χ0v) is 12.4. The second-order valence-corrected chi connectivity index (χ2v) is 5.27. The summed E-state index contributed by atoms with van der Waals surface area (Å²) in [7, 11) is 3.61. The smallest absolute Gasteiger partial charge is 0.253 e. The van der Waals surface area contributed by atoms with Crippen molar-refractivity contribution in [1.29, 1.82) is 0 Å². The number of hydrogen-bond donors (Lipinski definition) is 1. The molecule has 5 nitrogen and oxygen atoms in total. The van der Waals surface area contributed by atoms with Crippen LogP contribution in [0.2, 0.25) is 0 Å². The second-order valence-electron chi connectivity index (χ2n) is 4.42. The molecule has 2 N–H and O–H groups in total. The Hall–Kier alpha value is -1.82. The van der Waals surface area contributed by atoms with E-state index >= 15 is 0 Å². The van der Waals surface area contributed by atoms with Crippen LogP contribution in [0.4, 0.5) is 5.69 Å². The summed E-state index contributed by atoms with van der Waals surface area (Å²) in [6.45, 7) is 0.517. The molecule has 0 unspecified atom stereocenters. The summed E-state index contributed by atoms with van der Waals surface area (Å²) >= 11 is 3.31. The lowest BCUT2D eigenvalue weighted by Gasteiger charge is -2.16. The Morgan fingerprint density at radius 2 is 2.26 bits per heavy atom. The first-order valence-electron chi connectivity index (χ1n) is 5.75. The van der Waals surface area contributed by atoms with Crippen molar-refractivity contribution < 1.29 is 4.79 Å². The minimum atomic E-state index is -0.0666. The number of nitrogen functional groups attached to an aromatic ring is 1. The molecule has 2 rings (SSSR count). The molecule has 1 amide bonds. The van der Waals surface area contributed by atoms with Gasteiger partial charge < -0.3 is 10.6 Å². The fraction of sp³-hybridized carbons (Fsp3) is 0.231. The molecule has 1 heterocycles. The van der Waals surface area contributed by atoms with Crippen LogP contribution in [-0.4, -0.2) is 27.6 Å². The number of benzene rings is 1. The van der Waals surface area contributed by atoms with Crippen LogP contribution in [0.15, 0.2) is 35.1 Å². The highest BCUT2D eigenvalue weighted by molar-refractivity contribution is 9.10. The molecule has 2 aromatic rings. The Labute approximate surface area is 120 Å². The van der Waals surface area contributed by atoms with E-state index in [-0.39, 0.29) is 5.91 Å². The van der Waals surface area contributed by atoms with Crippen LogP contribution in [0.5, 0.6) is 0 Å². The monoisotopic (exact) mass is 322 g/mol. The van der Waals surface area contributed by atoms with Crippen molar-refractivity contribution in [1.82, 2.24) is 14.7 Å². The third-order valence-corrected chi connectivity index (χ3v) is 3.49. The maximum absolute atomic E-state index is 12.2. The minimum Gasteiger partial charge on any atom is -0.398 e. The van der Waals surface area contributed by atoms with E-state index in [9.17, 15) is 4.79 Å².